The molecule has 1 aliphatic heterocycles. The summed E-state index contributed by atoms with van der Waals surface area (Å²) in [7, 11) is 0. The van der Waals surface area contributed by atoms with Crippen LogP contribution >= 0.6 is 23.2 Å². The van der Waals surface area contributed by atoms with E-state index in [0.29, 0.717) is 42.0 Å². The van der Waals surface area contributed by atoms with Crippen molar-refractivity contribution in [3.8, 4) is 17.0 Å². The quantitative estimate of drug-likeness (QED) is 0.565. The molecule has 4 rings (SSSR count). The molecule has 0 spiro atoms. The monoisotopic (exact) mass is 456 g/mol. The van der Waals surface area contributed by atoms with E-state index in [2.05, 4.69) is 34.2 Å². The number of amides is 1. The highest BCUT2D eigenvalue weighted by molar-refractivity contribution is 6.42. The number of ether oxygens (including phenoxy) is 1. The van der Waals surface area contributed by atoms with Crippen molar-refractivity contribution < 1.29 is 9.53 Å². The summed E-state index contributed by atoms with van der Waals surface area (Å²) in [4.78, 5) is 16.4. The van der Waals surface area contributed by atoms with Gasteiger partial charge in [0.2, 0.25) is 0 Å². The molecule has 6 nitrogen and oxygen atoms in total. The molecule has 0 unspecified atom stereocenters. The molecule has 0 N–H and O–H groups in total. The van der Waals surface area contributed by atoms with E-state index in [-0.39, 0.29) is 12.5 Å². The standard InChI is InChI=1S/C23H22Cl2N4O2/c1-16-5-7-17(8-6-16)19-9-10-21(27-26-19)28-11-13-29(14-12-28)22(30)15-31-20-4-2-3-18(24)23(20)25/h2-10H,11-15H2,1H3. The highest BCUT2D eigenvalue weighted by Crippen LogP contribution is 2.31. The van der Waals surface area contributed by atoms with E-state index >= 15 is 0 Å². The number of rotatable bonds is 5. The summed E-state index contributed by atoms with van der Waals surface area (Å²) in [6.45, 7) is 4.52. The molecule has 0 saturated carbocycles. The number of halogens is 2. The van der Waals surface area contributed by atoms with Crippen molar-refractivity contribution in [2.45, 2.75) is 6.92 Å². The van der Waals surface area contributed by atoms with Crippen LogP contribution in [-0.4, -0.2) is 53.8 Å². The minimum absolute atomic E-state index is 0.0783. The van der Waals surface area contributed by atoms with Gasteiger partial charge < -0.3 is 14.5 Å². The van der Waals surface area contributed by atoms with Gasteiger partial charge in [0.1, 0.15) is 10.8 Å². The zero-order valence-electron chi connectivity index (χ0n) is 17.1. The fraction of sp³-hybridized carbons (Fsp3) is 0.261. The van der Waals surface area contributed by atoms with Crippen LogP contribution < -0.4 is 9.64 Å². The zero-order valence-corrected chi connectivity index (χ0v) is 18.6. The summed E-state index contributed by atoms with van der Waals surface area (Å²) in [6, 6.07) is 17.3. The van der Waals surface area contributed by atoms with Crippen LogP contribution in [0.25, 0.3) is 11.3 Å². The van der Waals surface area contributed by atoms with Crippen LogP contribution in [0.3, 0.4) is 0 Å². The lowest BCUT2D eigenvalue weighted by Crippen LogP contribution is -2.50. The van der Waals surface area contributed by atoms with Crippen LogP contribution in [-0.2, 0) is 4.79 Å². The number of hydrogen-bond acceptors (Lipinski definition) is 5. The molecular formula is C23H22Cl2N4O2. The third-order valence-electron chi connectivity index (χ3n) is 5.22. The lowest BCUT2D eigenvalue weighted by Gasteiger charge is -2.35. The van der Waals surface area contributed by atoms with Gasteiger partial charge in [-0.25, -0.2) is 0 Å². The van der Waals surface area contributed by atoms with Crippen molar-refractivity contribution in [1.82, 2.24) is 15.1 Å². The summed E-state index contributed by atoms with van der Waals surface area (Å²) in [6.07, 6.45) is 0. The maximum atomic E-state index is 12.5. The molecule has 0 radical (unpaired) electrons. The number of nitrogens with zero attached hydrogens (tertiary/aromatic N) is 4. The number of carbonyl (C=O) groups is 1. The fourth-order valence-electron chi connectivity index (χ4n) is 3.38. The van der Waals surface area contributed by atoms with E-state index in [9.17, 15) is 4.79 Å². The number of hydrogen-bond donors (Lipinski definition) is 0. The van der Waals surface area contributed by atoms with E-state index in [0.717, 1.165) is 17.1 Å². The van der Waals surface area contributed by atoms with Gasteiger partial charge in [0.05, 0.1) is 10.7 Å². The largest absolute Gasteiger partial charge is 0.482 e. The Morgan fingerprint density at radius 1 is 0.968 bits per heavy atom. The molecule has 1 saturated heterocycles. The summed E-state index contributed by atoms with van der Waals surface area (Å²) in [5.74, 6) is 1.13. The first-order chi connectivity index (χ1) is 15.0. The highest BCUT2D eigenvalue weighted by Gasteiger charge is 2.23. The number of carbonyl (C=O) groups excluding carboxylic acids is 1. The molecule has 1 amide bonds. The van der Waals surface area contributed by atoms with Crippen LogP contribution in [0.1, 0.15) is 5.56 Å². The Morgan fingerprint density at radius 2 is 1.71 bits per heavy atom. The molecule has 3 aromatic rings. The first-order valence-corrected chi connectivity index (χ1v) is 10.8. The Labute approximate surface area is 191 Å². The van der Waals surface area contributed by atoms with Crippen molar-refractivity contribution >= 4 is 34.9 Å². The van der Waals surface area contributed by atoms with Crippen molar-refractivity contribution in [2.24, 2.45) is 0 Å². The topological polar surface area (TPSA) is 58.6 Å². The molecule has 0 aliphatic carbocycles. The van der Waals surface area contributed by atoms with Gasteiger partial charge in [0, 0.05) is 31.7 Å². The van der Waals surface area contributed by atoms with Gasteiger partial charge in [0.25, 0.3) is 5.91 Å². The Kier molecular flexibility index (Phi) is 6.59. The molecule has 0 bridgehead atoms. The molecule has 31 heavy (non-hydrogen) atoms. The van der Waals surface area contributed by atoms with Gasteiger partial charge in [0.15, 0.2) is 12.4 Å². The summed E-state index contributed by atoms with van der Waals surface area (Å²) in [5.41, 5.74) is 3.09. The van der Waals surface area contributed by atoms with Crippen molar-refractivity contribution in [2.75, 3.05) is 37.7 Å². The highest BCUT2D eigenvalue weighted by atomic mass is 35.5. The van der Waals surface area contributed by atoms with Crippen molar-refractivity contribution in [3.05, 3.63) is 70.2 Å². The SMILES string of the molecule is Cc1ccc(-c2ccc(N3CCN(C(=O)COc4cccc(Cl)c4Cl)CC3)nn2)cc1. The van der Waals surface area contributed by atoms with Crippen LogP contribution in [0.2, 0.25) is 10.0 Å². The molecule has 160 valence electrons. The van der Waals surface area contributed by atoms with Gasteiger partial charge in [-0.1, -0.05) is 59.1 Å². The van der Waals surface area contributed by atoms with Crippen LogP contribution in [0.5, 0.6) is 5.75 Å². The first kappa shape index (κ1) is 21.4. The fourth-order valence-corrected chi connectivity index (χ4v) is 3.73. The number of piperazine rings is 1. The Balaban J connectivity index is 1.30. The van der Waals surface area contributed by atoms with Gasteiger partial charge in [-0.2, -0.15) is 0 Å². The molecule has 0 atom stereocenters. The second-order valence-electron chi connectivity index (χ2n) is 7.35. The van der Waals surface area contributed by atoms with E-state index < -0.39 is 0 Å². The predicted octanol–water partition coefficient (Wildman–Crippen LogP) is 4.49. The van der Waals surface area contributed by atoms with Crippen LogP contribution in [0.4, 0.5) is 5.82 Å². The number of aryl methyl sites for hydroxylation is 1. The maximum absolute atomic E-state index is 12.5. The third-order valence-corrected chi connectivity index (χ3v) is 6.02. The van der Waals surface area contributed by atoms with E-state index in [1.54, 1.807) is 23.1 Å². The summed E-state index contributed by atoms with van der Waals surface area (Å²) in [5, 5.41) is 9.47. The van der Waals surface area contributed by atoms with Crippen molar-refractivity contribution in [3.63, 3.8) is 0 Å². The lowest BCUT2D eigenvalue weighted by molar-refractivity contribution is -0.133. The minimum atomic E-state index is -0.0866. The minimum Gasteiger partial charge on any atom is -0.482 e. The van der Waals surface area contributed by atoms with E-state index in [1.807, 2.05) is 24.3 Å². The Bertz CT molecular complexity index is 1050. The smallest absolute Gasteiger partial charge is 0.260 e. The zero-order chi connectivity index (χ0) is 21.8. The van der Waals surface area contributed by atoms with Crippen LogP contribution in [0.15, 0.2) is 54.6 Å². The van der Waals surface area contributed by atoms with Gasteiger partial charge in [-0.05, 0) is 31.2 Å². The van der Waals surface area contributed by atoms with Gasteiger partial charge >= 0.3 is 0 Å². The van der Waals surface area contributed by atoms with E-state index in [4.69, 9.17) is 27.9 Å². The predicted molar refractivity (Wildman–Crippen MR) is 123 cm³/mol. The molecule has 1 aromatic heterocycles. The number of anilines is 1. The van der Waals surface area contributed by atoms with Crippen molar-refractivity contribution in [1.29, 1.82) is 0 Å². The lowest BCUT2D eigenvalue weighted by atomic mass is 10.1. The third kappa shape index (κ3) is 5.09. The van der Waals surface area contributed by atoms with Gasteiger partial charge in [-0.15, -0.1) is 10.2 Å². The summed E-state index contributed by atoms with van der Waals surface area (Å²) < 4.78 is 5.56. The van der Waals surface area contributed by atoms with Crippen LogP contribution in [0, 0.1) is 6.92 Å². The Hall–Kier alpha value is -2.83. The second kappa shape index (κ2) is 9.54. The normalized spacial score (nSPS) is 13.9. The summed E-state index contributed by atoms with van der Waals surface area (Å²) >= 11 is 12.1. The average molecular weight is 457 g/mol. The maximum Gasteiger partial charge on any atom is 0.260 e. The molecule has 8 heteroatoms. The molecular weight excluding hydrogens is 435 g/mol. The Morgan fingerprint density at radius 3 is 2.39 bits per heavy atom. The molecule has 1 aliphatic rings. The molecule has 2 heterocycles. The number of aromatic nitrogens is 2. The molecule has 1 fully saturated rings. The second-order valence-corrected chi connectivity index (χ2v) is 8.14. The van der Waals surface area contributed by atoms with E-state index in [1.165, 1.54) is 5.56 Å². The number of benzene rings is 2. The molecule has 2 aromatic carbocycles. The van der Waals surface area contributed by atoms with Gasteiger partial charge in [-0.3, -0.25) is 4.79 Å². The average Bonchev–Trinajstić information content (AvgIpc) is 2.80. The first-order valence-electron chi connectivity index (χ1n) is 10.0.